The number of phenols is 1. The fourth-order valence-electron chi connectivity index (χ4n) is 1.79. The molecule has 112 valence electrons. The molecule has 0 aliphatic rings. The molecule has 1 heterocycles. The summed E-state index contributed by atoms with van der Waals surface area (Å²) < 4.78 is 19.5. The van der Waals surface area contributed by atoms with Gasteiger partial charge in [0.05, 0.1) is 15.9 Å². The maximum atomic E-state index is 13.5. The fraction of sp³-hybridized carbons (Fsp3) is 0.286. The molecule has 0 atom stereocenters. The number of aromatic hydroxyl groups is 1. The molecule has 0 aliphatic heterocycles. The van der Waals surface area contributed by atoms with Gasteiger partial charge >= 0.3 is 0 Å². The fourth-order valence-corrected chi connectivity index (χ4v) is 2.37. The highest BCUT2D eigenvalue weighted by atomic mass is 127. The Morgan fingerprint density at radius 1 is 1.38 bits per heavy atom. The summed E-state index contributed by atoms with van der Waals surface area (Å²) >= 11 is 2.15. The molecule has 0 amide bonds. The highest BCUT2D eigenvalue weighted by Crippen LogP contribution is 2.27. The lowest BCUT2D eigenvalue weighted by molar-refractivity contribution is 0.181. The maximum Gasteiger partial charge on any atom is 0.165 e. The number of anilines is 1. The summed E-state index contributed by atoms with van der Waals surface area (Å²) in [7, 11) is 1.59. The van der Waals surface area contributed by atoms with Gasteiger partial charge in [0.2, 0.25) is 0 Å². The van der Waals surface area contributed by atoms with Crippen molar-refractivity contribution in [3.63, 3.8) is 0 Å². The molecule has 2 rings (SSSR count). The smallest absolute Gasteiger partial charge is 0.165 e. The molecule has 1 aromatic heterocycles. The largest absolute Gasteiger partial charge is 0.505 e. The van der Waals surface area contributed by atoms with Crippen molar-refractivity contribution >= 4 is 28.4 Å². The van der Waals surface area contributed by atoms with Gasteiger partial charge in [-0.1, -0.05) is 0 Å². The molecule has 0 radical (unpaired) electrons. The van der Waals surface area contributed by atoms with Crippen molar-refractivity contribution in [1.29, 1.82) is 0 Å². The second-order valence-corrected chi connectivity index (χ2v) is 5.36. The van der Waals surface area contributed by atoms with Crippen LogP contribution in [0.3, 0.4) is 0 Å². The lowest BCUT2D eigenvalue weighted by Crippen LogP contribution is -2.08. The number of methoxy groups -OCH3 is 1. The number of halogens is 2. The maximum absolute atomic E-state index is 13.5. The van der Waals surface area contributed by atoms with Crippen LogP contribution in [-0.2, 0) is 11.3 Å². The quantitative estimate of drug-likeness (QED) is 0.751. The summed E-state index contributed by atoms with van der Waals surface area (Å²) in [6.45, 7) is 3.02. The predicted octanol–water partition coefficient (Wildman–Crippen LogP) is 3.17. The Morgan fingerprint density at radius 3 is 2.76 bits per heavy atom. The number of rotatable bonds is 5. The van der Waals surface area contributed by atoms with Crippen LogP contribution in [0, 0.1) is 9.39 Å². The number of phenolic OH excluding ortho intramolecular Hbond substituents is 1. The second kappa shape index (κ2) is 6.99. The standard InChI is InChI=1S/C14H15FIN3O2/c1-3-17-14-12(16)10(7-21-2)18-13(19-14)8-4-5-11(20)9(15)6-8/h4-6,20H,3,7H2,1-2H3,(H,17,18,19). The van der Waals surface area contributed by atoms with Gasteiger partial charge in [-0.15, -0.1) is 0 Å². The van der Waals surface area contributed by atoms with Gasteiger partial charge in [0.25, 0.3) is 0 Å². The molecule has 0 saturated heterocycles. The predicted molar refractivity (Wildman–Crippen MR) is 86.7 cm³/mol. The van der Waals surface area contributed by atoms with Crippen molar-refractivity contribution < 1.29 is 14.2 Å². The van der Waals surface area contributed by atoms with Crippen molar-refractivity contribution in [2.24, 2.45) is 0 Å². The summed E-state index contributed by atoms with van der Waals surface area (Å²) in [6, 6.07) is 4.08. The second-order valence-electron chi connectivity index (χ2n) is 4.29. The van der Waals surface area contributed by atoms with Gasteiger partial charge in [-0.2, -0.15) is 0 Å². The Kier molecular flexibility index (Phi) is 5.29. The first-order valence-corrected chi connectivity index (χ1v) is 7.42. The molecule has 0 aliphatic carbocycles. The van der Waals surface area contributed by atoms with E-state index in [0.717, 1.165) is 9.26 Å². The summed E-state index contributed by atoms with van der Waals surface area (Å²) in [4.78, 5) is 8.83. The molecular weight excluding hydrogens is 388 g/mol. The van der Waals surface area contributed by atoms with E-state index in [1.807, 2.05) is 6.92 Å². The molecule has 0 fully saturated rings. The minimum absolute atomic E-state index is 0.340. The molecule has 2 N–H and O–H groups in total. The Bertz CT molecular complexity index is 625. The molecule has 7 heteroatoms. The van der Waals surface area contributed by atoms with Crippen LogP contribution in [0.2, 0.25) is 0 Å². The zero-order valence-corrected chi connectivity index (χ0v) is 13.8. The van der Waals surface area contributed by atoms with Gasteiger partial charge in [-0.25, -0.2) is 14.4 Å². The first-order valence-electron chi connectivity index (χ1n) is 6.35. The first kappa shape index (κ1) is 15.9. The monoisotopic (exact) mass is 403 g/mol. The van der Waals surface area contributed by atoms with Gasteiger partial charge in [0.1, 0.15) is 5.82 Å². The average Bonchev–Trinajstić information content (AvgIpc) is 2.46. The van der Waals surface area contributed by atoms with Crippen LogP contribution in [0.25, 0.3) is 11.4 Å². The van der Waals surface area contributed by atoms with Gasteiger partial charge in [-0.05, 0) is 47.7 Å². The van der Waals surface area contributed by atoms with E-state index in [-0.39, 0.29) is 0 Å². The van der Waals surface area contributed by atoms with Crippen molar-refractivity contribution in [1.82, 2.24) is 9.97 Å². The topological polar surface area (TPSA) is 67.3 Å². The number of benzene rings is 1. The molecule has 21 heavy (non-hydrogen) atoms. The number of nitrogens with zero attached hydrogens (tertiary/aromatic N) is 2. The van der Waals surface area contributed by atoms with E-state index in [4.69, 9.17) is 4.74 Å². The molecule has 1 aromatic carbocycles. The van der Waals surface area contributed by atoms with Crippen LogP contribution >= 0.6 is 22.6 Å². The lowest BCUT2D eigenvalue weighted by Gasteiger charge is -2.12. The highest BCUT2D eigenvalue weighted by Gasteiger charge is 2.14. The van der Waals surface area contributed by atoms with Crippen LogP contribution in [-0.4, -0.2) is 28.7 Å². The van der Waals surface area contributed by atoms with Crippen LogP contribution in [0.1, 0.15) is 12.6 Å². The Morgan fingerprint density at radius 2 is 2.14 bits per heavy atom. The Balaban J connectivity index is 2.53. The lowest BCUT2D eigenvalue weighted by atomic mass is 10.2. The zero-order valence-electron chi connectivity index (χ0n) is 11.7. The van der Waals surface area contributed by atoms with Crippen LogP contribution in [0.15, 0.2) is 18.2 Å². The van der Waals surface area contributed by atoms with Crippen LogP contribution < -0.4 is 5.32 Å². The van der Waals surface area contributed by atoms with E-state index in [1.165, 1.54) is 12.1 Å². The van der Waals surface area contributed by atoms with Crippen LogP contribution in [0.4, 0.5) is 10.2 Å². The number of ether oxygens (including phenoxy) is 1. The molecule has 0 bridgehead atoms. The van der Waals surface area contributed by atoms with E-state index >= 15 is 0 Å². The van der Waals surface area contributed by atoms with Crippen molar-refractivity contribution in [3.05, 3.63) is 33.3 Å². The van der Waals surface area contributed by atoms with E-state index in [2.05, 4.69) is 37.9 Å². The highest BCUT2D eigenvalue weighted by molar-refractivity contribution is 14.1. The minimum atomic E-state index is -0.701. The zero-order chi connectivity index (χ0) is 15.4. The SMILES string of the molecule is CCNc1nc(-c2ccc(O)c(F)c2)nc(COC)c1I. The third-order valence-electron chi connectivity index (χ3n) is 2.75. The number of nitrogens with one attached hydrogen (secondary N) is 1. The van der Waals surface area contributed by atoms with Gasteiger partial charge in [0, 0.05) is 19.2 Å². The van der Waals surface area contributed by atoms with Crippen LogP contribution in [0.5, 0.6) is 5.75 Å². The number of aromatic nitrogens is 2. The third-order valence-corrected chi connectivity index (χ3v) is 3.88. The van der Waals surface area contributed by atoms with E-state index in [9.17, 15) is 9.50 Å². The number of hydrogen-bond acceptors (Lipinski definition) is 5. The molecular formula is C14H15FIN3O2. The first-order chi connectivity index (χ1) is 10.1. The third kappa shape index (κ3) is 3.59. The Labute approximate surface area is 135 Å². The molecule has 0 spiro atoms. The van der Waals surface area contributed by atoms with Gasteiger partial charge in [-0.3, -0.25) is 0 Å². The molecule has 5 nitrogen and oxygen atoms in total. The van der Waals surface area contributed by atoms with Crippen molar-refractivity contribution in [2.75, 3.05) is 19.0 Å². The summed E-state index contributed by atoms with van der Waals surface area (Å²) in [5.74, 6) is -0.0258. The average molecular weight is 403 g/mol. The van der Waals surface area contributed by atoms with Crippen molar-refractivity contribution in [2.45, 2.75) is 13.5 Å². The number of hydrogen-bond donors (Lipinski definition) is 2. The molecule has 0 saturated carbocycles. The van der Waals surface area contributed by atoms with E-state index in [1.54, 1.807) is 13.2 Å². The van der Waals surface area contributed by atoms with E-state index < -0.39 is 11.6 Å². The molecule has 0 unspecified atom stereocenters. The molecule has 2 aromatic rings. The van der Waals surface area contributed by atoms with Gasteiger partial charge in [0.15, 0.2) is 17.4 Å². The summed E-state index contributed by atoms with van der Waals surface area (Å²) in [5, 5.41) is 12.4. The van der Waals surface area contributed by atoms with Gasteiger partial charge < -0.3 is 15.2 Å². The minimum Gasteiger partial charge on any atom is -0.505 e. The van der Waals surface area contributed by atoms with Crippen molar-refractivity contribution in [3.8, 4) is 17.1 Å². The normalized spacial score (nSPS) is 10.7. The Hall–Kier alpha value is -1.48. The van der Waals surface area contributed by atoms with E-state index in [0.29, 0.717) is 30.4 Å². The summed E-state index contributed by atoms with van der Waals surface area (Å²) in [5.41, 5.74) is 1.23. The summed E-state index contributed by atoms with van der Waals surface area (Å²) in [6.07, 6.45) is 0.